The van der Waals surface area contributed by atoms with Crippen molar-refractivity contribution in [3.8, 4) is 0 Å². The van der Waals surface area contributed by atoms with Gasteiger partial charge in [0.05, 0.1) is 0 Å². The first-order valence-electron chi connectivity index (χ1n) is 5.62. The van der Waals surface area contributed by atoms with Gasteiger partial charge in [0.25, 0.3) is 0 Å². The lowest BCUT2D eigenvalue weighted by Gasteiger charge is -2.22. The molecule has 1 unspecified atom stereocenters. The fraction of sp³-hybridized carbons (Fsp3) is 0.833. The summed E-state index contributed by atoms with van der Waals surface area (Å²) in [7, 11) is 1.78. The van der Waals surface area contributed by atoms with Crippen molar-refractivity contribution in [3.05, 3.63) is 10.1 Å². The van der Waals surface area contributed by atoms with Crippen LogP contribution in [0.15, 0.2) is 10.1 Å². The maximum Gasteiger partial charge on any atom is 0.0462 e. The molecule has 14 heavy (non-hydrogen) atoms. The second kappa shape index (κ2) is 6.62. The van der Waals surface area contributed by atoms with Crippen LogP contribution in [0.2, 0.25) is 0 Å². The highest BCUT2D eigenvalue weighted by molar-refractivity contribution is 9.11. The lowest BCUT2D eigenvalue weighted by molar-refractivity contribution is 0.193. The predicted octanol–water partition coefficient (Wildman–Crippen LogP) is 4.27. The van der Waals surface area contributed by atoms with Gasteiger partial charge in [0.2, 0.25) is 0 Å². The summed E-state index contributed by atoms with van der Waals surface area (Å²) in [5, 5.41) is 0. The van der Waals surface area contributed by atoms with Crippen LogP contribution in [0, 0.1) is 5.92 Å². The van der Waals surface area contributed by atoms with E-state index in [1.165, 1.54) is 43.0 Å². The summed E-state index contributed by atoms with van der Waals surface area (Å²) in [4.78, 5) is 0. The molecule has 2 heteroatoms. The molecular weight excluding hydrogens is 240 g/mol. The number of rotatable bonds is 5. The van der Waals surface area contributed by atoms with E-state index in [9.17, 15) is 0 Å². The molecule has 1 nitrogen and oxygen atoms in total. The smallest absolute Gasteiger partial charge is 0.0462 e. The van der Waals surface area contributed by atoms with Gasteiger partial charge in [-0.3, -0.25) is 0 Å². The molecule has 0 aromatic rings. The van der Waals surface area contributed by atoms with Gasteiger partial charge < -0.3 is 4.74 Å². The van der Waals surface area contributed by atoms with E-state index in [1.54, 1.807) is 12.7 Å². The summed E-state index contributed by atoms with van der Waals surface area (Å²) >= 11 is 3.74. The summed E-state index contributed by atoms with van der Waals surface area (Å²) in [5.41, 5.74) is 1.65. The highest BCUT2D eigenvalue weighted by Crippen LogP contribution is 2.35. The fourth-order valence-corrected chi connectivity index (χ4v) is 2.67. The van der Waals surface area contributed by atoms with Gasteiger partial charge >= 0.3 is 0 Å². The Bertz CT molecular complexity index is 198. The molecule has 0 spiro atoms. The van der Waals surface area contributed by atoms with Crippen LogP contribution in [-0.4, -0.2) is 13.7 Å². The molecule has 0 N–H and O–H groups in total. The zero-order valence-corrected chi connectivity index (χ0v) is 10.9. The van der Waals surface area contributed by atoms with E-state index in [-0.39, 0.29) is 0 Å². The van der Waals surface area contributed by atoms with E-state index in [2.05, 4.69) is 22.9 Å². The third-order valence-corrected chi connectivity index (χ3v) is 4.31. The standard InChI is InChI=1S/C12H21BrO/c1-10-6-5-8-11(12(10)13)7-3-4-9-14-2/h10H,3-9H2,1-2H3. The minimum Gasteiger partial charge on any atom is -0.385 e. The third-order valence-electron chi connectivity index (χ3n) is 2.96. The fourth-order valence-electron chi connectivity index (χ4n) is 2.05. The second-order valence-corrected chi connectivity index (χ2v) is 5.05. The van der Waals surface area contributed by atoms with E-state index >= 15 is 0 Å². The Morgan fingerprint density at radius 3 is 2.93 bits per heavy atom. The van der Waals surface area contributed by atoms with Gasteiger partial charge in [0.15, 0.2) is 0 Å². The van der Waals surface area contributed by atoms with Crippen molar-refractivity contribution in [2.75, 3.05) is 13.7 Å². The van der Waals surface area contributed by atoms with E-state index in [0.29, 0.717) is 0 Å². The van der Waals surface area contributed by atoms with E-state index < -0.39 is 0 Å². The molecule has 1 rings (SSSR count). The monoisotopic (exact) mass is 260 g/mol. The van der Waals surface area contributed by atoms with Crippen LogP contribution < -0.4 is 0 Å². The van der Waals surface area contributed by atoms with Crippen LogP contribution in [-0.2, 0) is 4.74 Å². The molecular formula is C12H21BrO. The van der Waals surface area contributed by atoms with Gasteiger partial charge in [-0.1, -0.05) is 28.4 Å². The molecule has 0 aromatic carbocycles. The zero-order chi connectivity index (χ0) is 10.4. The molecule has 1 aliphatic carbocycles. The average Bonchev–Trinajstić information content (AvgIpc) is 2.19. The first kappa shape index (κ1) is 12.3. The van der Waals surface area contributed by atoms with Crippen molar-refractivity contribution < 1.29 is 4.74 Å². The van der Waals surface area contributed by atoms with Crippen LogP contribution >= 0.6 is 15.9 Å². The molecule has 0 aromatic heterocycles. The zero-order valence-electron chi connectivity index (χ0n) is 9.31. The van der Waals surface area contributed by atoms with Crippen LogP contribution in [0.1, 0.15) is 45.4 Å². The van der Waals surface area contributed by atoms with Crippen molar-refractivity contribution >= 4 is 15.9 Å². The van der Waals surface area contributed by atoms with E-state index in [0.717, 1.165) is 12.5 Å². The summed E-state index contributed by atoms with van der Waals surface area (Å²) in [6.07, 6.45) is 7.74. The van der Waals surface area contributed by atoms with Crippen molar-refractivity contribution in [2.24, 2.45) is 5.92 Å². The molecule has 0 saturated heterocycles. The molecule has 0 aliphatic heterocycles. The summed E-state index contributed by atoms with van der Waals surface area (Å²) in [5.74, 6) is 0.751. The van der Waals surface area contributed by atoms with Crippen molar-refractivity contribution in [1.82, 2.24) is 0 Å². The quantitative estimate of drug-likeness (QED) is 0.671. The average molecular weight is 261 g/mol. The number of ether oxygens (including phenoxy) is 1. The minimum absolute atomic E-state index is 0.751. The number of halogens is 1. The largest absolute Gasteiger partial charge is 0.385 e. The van der Waals surface area contributed by atoms with Crippen molar-refractivity contribution in [3.63, 3.8) is 0 Å². The van der Waals surface area contributed by atoms with Crippen molar-refractivity contribution in [2.45, 2.75) is 45.4 Å². The van der Waals surface area contributed by atoms with Gasteiger partial charge in [-0.2, -0.15) is 0 Å². The Hall–Kier alpha value is 0.180. The number of allylic oxidation sites excluding steroid dienone is 2. The van der Waals surface area contributed by atoms with Crippen LogP contribution in [0.25, 0.3) is 0 Å². The summed E-state index contributed by atoms with van der Waals surface area (Å²) in [6.45, 7) is 3.22. The Kier molecular flexibility index (Phi) is 5.80. The van der Waals surface area contributed by atoms with Crippen molar-refractivity contribution in [1.29, 1.82) is 0 Å². The first-order chi connectivity index (χ1) is 6.75. The minimum atomic E-state index is 0.751. The topological polar surface area (TPSA) is 9.23 Å². The molecule has 1 aliphatic rings. The van der Waals surface area contributed by atoms with Gasteiger partial charge in [0.1, 0.15) is 0 Å². The Morgan fingerprint density at radius 1 is 1.43 bits per heavy atom. The molecule has 0 heterocycles. The normalized spacial score (nSPS) is 22.9. The second-order valence-electron chi connectivity index (χ2n) is 4.19. The van der Waals surface area contributed by atoms with E-state index in [1.807, 2.05) is 0 Å². The maximum absolute atomic E-state index is 5.05. The first-order valence-corrected chi connectivity index (χ1v) is 6.41. The van der Waals surface area contributed by atoms with Gasteiger partial charge in [-0.05, 0) is 48.9 Å². The summed E-state index contributed by atoms with van der Waals surface area (Å²) < 4.78 is 6.54. The number of methoxy groups -OCH3 is 1. The van der Waals surface area contributed by atoms with Crippen LogP contribution in [0.3, 0.4) is 0 Å². The Morgan fingerprint density at radius 2 is 2.21 bits per heavy atom. The molecule has 1 atom stereocenters. The van der Waals surface area contributed by atoms with Gasteiger partial charge in [0, 0.05) is 13.7 Å². The SMILES string of the molecule is COCCCCC1=C(Br)C(C)CCC1. The lowest BCUT2D eigenvalue weighted by Crippen LogP contribution is -2.05. The number of hydrogen-bond donors (Lipinski definition) is 0. The molecule has 82 valence electrons. The lowest BCUT2D eigenvalue weighted by atomic mass is 9.89. The van der Waals surface area contributed by atoms with Crippen LogP contribution in [0.4, 0.5) is 0 Å². The van der Waals surface area contributed by atoms with Gasteiger partial charge in [-0.15, -0.1) is 0 Å². The number of hydrogen-bond acceptors (Lipinski definition) is 1. The highest BCUT2D eigenvalue weighted by Gasteiger charge is 2.16. The van der Waals surface area contributed by atoms with Gasteiger partial charge in [-0.25, -0.2) is 0 Å². The summed E-state index contributed by atoms with van der Waals surface area (Å²) in [6, 6.07) is 0. The maximum atomic E-state index is 5.05. The van der Waals surface area contributed by atoms with Crippen LogP contribution in [0.5, 0.6) is 0 Å². The molecule has 0 radical (unpaired) electrons. The molecule has 0 saturated carbocycles. The Labute approximate surface area is 96.0 Å². The highest BCUT2D eigenvalue weighted by atomic mass is 79.9. The molecule has 0 bridgehead atoms. The predicted molar refractivity (Wildman–Crippen MR) is 64.7 cm³/mol. The molecule has 0 amide bonds. The van der Waals surface area contributed by atoms with E-state index in [4.69, 9.17) is 4.74 Å². The third kappa shape index (κ3) is 3.74. The Balaban J connectivity index is 2.31. The number of unbranched alkanes of at least 4 members (excludes halogenated alkanes) is 1. The molecule has 0 fully saturated rings.